The van der Waals surface area contributed by atoms with Crippen LogP contribution in [0.2, 0.25) is 0 Å². The maximum absolute atomic E-state index is 12.5. The van der Waals surface area contributed by atoms with Crippen molar-refractivity contribution in [2.24, 2.45) is 10.8 Å². The Morgan fingerprint density at radius 2 is 1.86 bits per heavy atom. The van der Waals surface area contributed by atoms with E-state index >= 15 is 0 Å². The number of nitrogens with two attached hydrogens (primary N) is 1. The summed E-state index contributed by atoms with van der Waals surface area (Å²) in [4.78, 5) is 24.2. The van der Waals surface area contributed by atoms with E-state index in [0.717, 1.165) is 12.1 Å². The van der Waals surface area contributed by atoms with Crippen molar-refractivity contribution >= 4 is 28.9 Å². The van der Waals surface area contributed by atoms with E-state index in [4.69, 9.17) is 5.73 Å². The summed E-state index contributed by atoms with van der Waals surface area (Å²) in [6, 6.07) is 12.7. The molecule has 1 unspecified atom stereocenters. The van der Waals surface area contributed by atoms with Crippen molar-refractivity contribution in [1.29, 1.82) is 0 Å². The van der Waals surface area contributed by atoms with Crippen molar-refractivity contribution in [3.05, 3.63) is 54.6 Å². The van der Waals surface area contributed by atoms with Crippen molar-refractivity contribution < 1.29 is 27.5 Å². The molecule has 1 atom stereocenters. The summed E-state index contributed by atoms with van der Waals surface area (Å²) in [7, 11) is 0. The number of rotatable bonds is 5. The first-order valence-electron chi connectivity index (χ1n) is 8.11. The lowest BCUT2D eigenvalue weighted by molar-refractivity contribution is -0.274. The van der Waals surface area contributed by atoms with Crippen LogP contribution in [0.25, 0.3) is 0 Å². The van der Waals surface area contributed by atoms with E-state index in [1.807, 2.05) is 0 Å². The zero-order valence-corrected chi connectivity index (χ0v) is 14.3. The number of hydrogen-bond donors (Lipinski definition) is 2. The zero-order valence-electron chi connectivity index (χ0n) is 14.3. The number of benzene rings is 2. The molecule has 2 amide bonds. The Morgan fingerprint density at radius 3 is 2.50 bits per heavy atom. The first-order valence-corrected chi connectivity index (χ1v) is 8.11. The maximum atomic E-state index is 12.5. The van der Waals surface area contributed by atoms with Crippen LogP contribution in [0.4, 0.5) is 24.5 Å². The average molecular weight is 392 g/mol. The third kappa shape index (κ3) is 4.58. The van der Waals surface area contributed by atoms with Crippen molar-refractivity contribution in [2.45, 2.75) is 18.8 Å². The Balaban J connectivity index is 1.77. The van der Waals surface area contributed by atoms with E-state index in [1.54, 1.807) is 30.3 Å². The minimum absolute atomic E-state index is 0.0230. The Labute approximate surface area is 157 Å². The largest absolute Gasteiger partial charge is 0.573 e. The van der Waals surface area contributed by atoms with Gasteiger partial charge in [0.2, 0.25) is 5.91 Å². The third-order valence-electron chi connectivity index (χ3n) is 3.85. The van der Waals surface area contributed by atoms with Crippen molar-refractivity contribution in [3.8, 4) is 5.75 Å². The molecule has 2 aromatic rings. The summed E-state index contributed by atoms with van der Waals surface area (Å²) < 4.78 is 40.8. The van der Waals surface area contributed by atoms with Gasteiger partial charge in [-0.2, -0.15) is 5.10 Å². The Bertz CT molecular complexity index is 916. The van der Waals surface area contributed by atoms with Crippen LogP contribution in [0.3, 0.4) is 0 Å². The standard InChI is InChI=1S/C18H15F3N4O3/c19-18(20,21)28-13-8-4-5-11(9-13)23-17(27)14-10-15(16(22)26)25(24-14)12-6-2-1-3-7-12/h1-9,15H,10H2,(H2,22,26)(H,23,27). The van der Waals surface area contributed by atoms with Gasteiger partial charge in [0.15, 0.2) is 0 Å². The van der Waals surface area contributed by atoms with Crippen LogP contribution in [0.5, 0.6) is 5.75 Å². The number of ether oxygens (including phenoxy) is 1. The molecule has 0 radical (unpaired) electrons. The molecule has 0 saturated heterocycles. The molecule has 1 aliphatic rings. The molecule has 0 bridgehead atoms. The van der Waals surface area contributed by atoms with Crippen molar-refractivity contribution in [3.63, 3.8) is 0 Å². The van der Waals surface area contributed by atoms with Gasteiger partial charge in [-0.25, -0.2) is 0 Å². The van der Waals surface area contributed by atoms with E-state index in [-0.39, 0.29) is 17.8 Å². The van der Waals surface area contributed by atoms with Gasteiger partial charge in [-0.15, -0.1) is 13.2 Å². The third-order valence-corrected chi connectivity index (χ3v) is 3.85. The molecule has 0 saturated carbocycles. The number of nitrogens with one attached hydrogen (secondary N) is 1. The Kier molecular flexibility index (Phi) is 5.21. The number of hydrazone groups is 1. The van der Waals surface area contributed by atoms with Crippen LogP contribution < -0.4 is 20.8 Å². The Hall–Kier alpha value is -3.56. The van der Waals surface area contributed by atoms with Crippen molar-refractivity contribution in [1.82, 2.24) is 0 Å². The highest BCUT2D eigenvalue weighted by molar-refractivity contribution is 6.44. The van der Waals surface area contributed by atoms with Crippen molar-refractivity contribution in [2.75, 3.05) is 10.3 Å². The van der Waals surface area contributed by atoms with Crippen LogP contribution in [0.15, 0.2) is 59.7 Å². The molecular weight excluding hydrogens is 377 g/mol. The van der Waals surface area contributed by atoms with Gasteiger partial charge >= 0.3 is 6.36 Å². The summed E-state index contributed by atoms with van der Waals surface area (Å²) in [5, 5.41) is 7.96. The second-order valence-corrected chi connectivity index (χ2v) is 5.88. The smallest absolute Gasteiger partial charge is 0.406 e. The molecule has 3 rings (SSSR count). The molecule has 3 N–H and O–H groups in total. The van der Waals surface area contributed by atoms with Crippen LogP contribution >= 0.6 is 0 Å². The van der Waals surface area contributed by atoms with Gasteiger partial charge in [-0.3, -0.25) is 14.6 Å². The van der Waals surface area contributed by atoms with Gasteiger partial charge in [0, 0.05) is 18.2 Å². The summed E-state index contributed by atoms with van der Waals surface area (Å²) in [5.41, 5.74) is 6.10. The lowest BCUT2D eigenvalue weighted by Gasteiger charge is -2.20. The number of nitrogens with zero attached hydrogens (tertiary/aromatic N) is 2. The summed E-state index contributed by atoms with van der Waals surface area (Å²) in [5.74, 6) is -1.79. The Morgan fingerprint density at radius 1 is 1.14 bits per heavy atom. The number of carbonyl (C=O) groups is 2. The molecule has 1 aliphatic heterocycles. The quantitative estimate of drug-likeness (QED) is 0.818. The molecule has 0 aliphatic carbocycles. The maximum Gasteiger partial charge on any atom is 0.573 e. The molecule has 146 valence electrons. The number of hydrogen-bond acceptors (Lipinski definition) is 5. The lowest BCUT2D eigenvalue weighted by atomic mass is 10.1. The number of halogens is 3. The fraction of sp³-hybridized carbons (Fsp3) is 0.167. The molecule has 0 spiro atoms. The van der Waals surface area contributed by atoms with E-state index in [9.17, 15) is 22.8 Å². The molecular formula is C18H15F3N4O3. The minimum Gasteiger partial charge on any atom is -0.406 e. The van der Waals surface area contributed by atoms with Crippen LogP contribution in [0, 0.1) is 0 Å². The number of para-hydroxylation sites is 1. The molecule has 0 aromatic heterocycles. The SMILES string of the molecule is NC(=O)C1CC(C(=O)Nc2cccc(OC(F)(F)F)c2)=NN1c1ccccc1. The zero-order chi connectivity index (χ0) is 20.3. The second-order valence-electron chi connectivity index (χ2n) is 5.88. The number of anilines is 2. The van der Waals surface area contributed by atoms with Gasteiger partial charge < -0.3 is 15.8 Å². The fourth-order valence-electron chi connectivity index (χ4n) is 2.66. The fourth-order valence-corrected chi connectivity index (χ4v) is 2.66. The first kappa shape index (κ1) is 19.2. The topological polar surface area (TPSA) is 97.0 Å². The number of amides is 2. The highest BCUT2D eigenvalue weighted by Crippen LogP contribution is 2.27. The second kappa shape index (κ2) is 7.59. The number of carbonyl (C=O) groups excluding carboxylic acids is 2. The van der Waals surface area contributed by atoms with Gasteiger partial charge in [-0.1, -0.05) is 24.3 Å². The van der Waals surface area contributed by atoms with E-state index in [1.165, 1.54) is 17.1 Å². The van der Waals surface area contributed by atoms with Crippen LogP contribution in [0.1, 0.15) is 6.42 Å². The van der Waals surface area contributed by atoms with Crippen LogP contribution in [-0.2, 0) is 9.59 Å². The predicted octanol–water partition coefficient (Wildman–Crippen LogP) is 2.64. The van der Waals surface area contributed by atoms with E-state index < -0.39 is 30.0 Å². The summed E-state index contributed by atoms with van der Waals surface area (Å²) >= 11 is 0. The highest BCUT2D eigenvalue weighted by atomic mass is 19.4. The average Bonchev–Trinajstić information content (AvgIpc) is 3.07. The summed E-state index contributed by atoms with van der Waals surface area (Å²) in [6.45, 7) is 0. The monoisotopic (exact) mass is 392 g/mol. The molecule has 0 fully saturated rings. The highest BCUT2D eigenvalue weighted by Gasteiger charge is 2.35. The molecule has 1 heterocycles. The van der Waals surface area contributed by atoms with Gasteiger partial charge in [0.25, 0.3) is 5.91 Å². The molecule has 2 aromatic carbocycles. The summed E-state index contributed by atoms with van der Waals surface area (Å²) in [6.07, 6.45) is -4.88. The molecule has 10 heteroatoms. The number of primary amides is 1. The van der Waals surface area contributed by atoms with E-state index in [0.29, 0.717) is 5.69 Å². The van der Waals surface area contributed by atoms with Gasteiger partial charge in [0.05, 0.1) is 5.69 Å². The molecule has 28 heavy (non-hydrogen) atoms. The lowest BCUT2D eigenvalue weighted by Crippen LogP contribution is -2.39. The van der Waals surface area contributed by atoms with E-state index in [2.05, 4.69) is 15.2 Å². The normalized spacial score (nSPS) is 16.5. The minimum atomic E-state index is -4.84. The predicted molar refractivity (Wildman–Crippen MR) is 95.7 cm³/mol. The first-order chi connectivity index (χ1) is 13.2. The van der Waals surface area contributed by atoms with Crippen LogP contribution in [-0.4, -0.2) is 29.9 Å². The van der Waals surface area contributed by atoms with Gasteiger partial charge in [-0.05, 0) is 24.3 Å². The number of alkyl halides is 3. The van der Waals surface area contributed by atoms with Gasteiger partial charge in [0.1, 0.15) is 17.5 Å². The molecule has 7 nitrogen and oxygen atoms in total.